The Morgan fingerprint density at radius 1 is 0.935 bits per heavy atom. The Morgan fingerprint density at radius 2 is 1.68 bits per heavy atom. The van der Waals surface area contributed by atoms with Crippen LogP contribution in [0.2, 0.25) is 5.02 Å². The number of halogens is 1. The monoisotopic (exact) mass is 433 g/mol. The molecular formula is C22H20ClN7O. The standard InChI is InChI=1S/C22H20ClN7O/c23-18-9-5-4-8-17(18)22(31)29-12-10-28(11-13-29)20-19-21(25-15-24-20)30(27-26-19)14-16-6-2-1-3-7-16/h1-9,15H,10-14H2. The number of benzene rings is 2. The molecule has 3 heterocycles. The molecule has 2 aromatic heterocycles. The predicted molar refractivity (Wildman–Crippen MR) is 118 cm³/mol. The molecular weight excluding hydrogens is 414 g/mol. The van der Waals surface area contributed by atoms with E-state index >= 15 is 0 Å². The van der Waals surface area contributed by atoms with Gasteiger partial charge in [-0.3, -0.25) is 4.79 Å². The molecule has 0 saturated carbocycles. The molecule has 0 atom stereocenters. The molecule has 0 spiro atoms. The van der Waals surface area contributed by atoms with E-state index in [1.807, 2.05) is 47.4 Å². The summed E-state index contributed by atoms with van der Waals surface area (Å²) in [5.74, 6) is 0.695. The molecule has 0 aliphatic carbocycles. The number of nitrogens with zero attached hydrogens (tertiary/aromatic N) is 7. The zero-order valence-corrected chi connectivity index (χ0v) is 17.5. The number of aromatic nitrogens is 5. The van der Waals surface area contributed by atoms with Crippen molar-refractivity contribution >= 4 is 34.5 Å². The molecule has 1 aliphatic heterocycles. The summed E-state index contributed by atoms with van der Waals surface area (Å²) in [6.07, 6.45) is 1.55. The second-order valence-corrected chi connectivity index (χ2v) is 7.77. The van der Waals surface area contributed by atoms with Gasteiger partial charge in [-0.2, -0.15) is 0 Å². The van der Waals surface area contributed by atoms with Crippen molar-refractivity contribution in [2.45, 2.75) is 6.54 Å². The lowest BCUT2D eigenvalue weighted by Gasteiger charge is -2.35. The highest BCUT2D eigenvalue weighted by Crippen LogP contribution is 2.23. The molecule has 1 aliphatic rings. The topological polar surface area (TPSA) is 80.0 Å². The zero-order chi connectivity index (χ0) is 21.2. The van der Waals surface area contributed by atoms with Crippen molar-refractivity contribution in [3.63, 3.8) is 0 Å². The second kappa shape index (κ2) is 8.31. The first-order valence-electron chi connectivity index (χ1n) is 10.1. The fourth-order valence-corrected chi connectivity index (χ4v) is 4.02. The maximum Gasteiger partial charge on any atom is 0.255 e. The van der Waals surface area contributed by atoms with Crippen LogP contribution in [-0.4, -0.2) is 61.9 Å². The first-order valence-corrected chi connectivity index (χ1v) is 10.5. The quantitative estimate of drug-likeness (QED) is 0.492. The van der Waals surface area contributed by atoms with Crippen molar-refractivity contribution < 1.29 is 4.79 Å². The summed E-state index contributed by atoms with van der Waals surface area (Å²) >= 11 is 6.20. The largest absolute Gasteiger partial charge is 0.351 e. The molecule has 0 radical (unpaired) electrons. The number of anilines is 1. The number of hydrogen-bond donors (Lipinski definition) is 0. The smallest absolute Gasteiger partial charge is 0.255 e. The number of piperazine rings is 1. The van der Waals surface area contributed by atoms with Gasteiger partial charge >= 0.3 is 0 Å². The molecule has 5 rings (SSSR count). The van der Waals surface area contributed by atoms with E-state index in [-0.39, 0.29) is 5.91 Å². The summed E-state index contributed by atoms with van der Waals surface area (Å²) in [6.45, 7) is 3.04. The molecule has 156 valence electrons. The van der Waals surface area contributed by atoms with Crippen LogP contribution in [0.3, 0.4) is 0 Å². The lowest BCUT2D eigenvalue weighted by Crippen LogP contribution is -2.49. The SMILES string of the molecule is O=C(c1ccccc1Cl)N1CCN(c2ncnc3c2nnn3Cc2ccccc2)CC1. The Labute approximate surface area is 184 Å². The van der Waals surface area contributed by atoms with Crippen molar-refractivity contribution in [2.75, 3.05) is 31.1 Å². The van der Waals surface area contributed by atoms with E-state index in [0.717, 1.165) is 11.4 Å². The molecule has 9 heteroatoms. The third-order valence-electron chi connectivity index (χ3n) is 5.43. The van der Waals surface area contributed by atoms with Crippen molar-refractivity contribution in [2.24, 2.45) is 0 Å². The number of carbonyl (C=O) groups excluding carboxylic acids is 1. The van der Waals surface area contributed by atoms with Crippen LogP contribution in [-0.2, 0) is 6.54 Å². The Kier molecular flexibility index (Phi) is 5.21. The lowest BCUT2D eigenvalue weighted by molar-refractivity contribution is 0.0747. The maximum atomic E-state index is 12.8. The Balaban J connectivity index is 1.33. The Bertz CT molecular complexity index is 1220. The third kappa shape index (κ3) is 3.82. The van der Waals surface area contributed by atoms with Gasteiger partial charge in [0.2, 0.25) is 0 Å². The van der Waals surface area contributed by atoms with Crippen LogP contribution in [0.5, 0.6) is 0 Å². The van der Waals surface area contributed by atoms with Gasteiger partial charge in [0, 0.05) is 26.2 Å². The predicted octanol–water partition coefficient (Wildman–Crippen LogP) is 2.89. The van der Waals surface area contributed by atoms with Crippen LogP contribution < -0.4 is 4.90 Å². The molecule has 0 bridgehead atoms. The molecule has 0 unspecified atom stereocenters. The molecule has 4 aromatic rings. The summed E-state index contributed by atoms with van der Waals surface area (Å²) in [6, 6.07) is 17.2. The van der Waals surface area contributed by atoms with Gasteiger partial charge in [0.1, 0.15) is 6.33 Å². The van der Waals surface area contributed by atoms with Crippen molar-refractivity contribution in [1.29, 1.82) is 0 Å². The molecule has 1 fully saturated rings. The van der Waals surface area contributed by atoms with Crippen molar-refractivity contribution in [3.8, 4) is 0 Å². The molecule has 1 saturated heterocycles. The number of fused-ring (bicyclic) bond motifs is 1. The average molecular weight is 434 g/mol. The van der Waals surface area contributed by atoms with Crippen LogP contribution in [0.4, 0.5) is 5.82 Å². The Hall–Kier alpha value is -3.52. The normalized spacial score (nSPS) is 14.2. The first kappa shape index (κ1) is 19.4. The van der Waals surface area contributed by atoms with E-state index in [0.29, 0.717) is 54.5 Å². The van der Waals surface area contributed by atoms with Gasteiger partial charge in [0.05, 0.1) is 17.1 Å². The minimum Gasteiger partial charge on any atom is -0.351 e. The zero-order valence-electron chi connectivity index (χ0n) is 16.7. The number of rotatable bonds is 4. The molecule has 31 heavy (non-hydrogen) atoms. The number of amides is 1. The van der Waals surface area contributed by atoms with Gasteiger partial charge in [-0.15, -0.1) is 5.10 Å². The van der Waals surface area contributed by atoms with Crippen LogP contribution in [0.1, 0.15) is 15.9 Å². The first-order chi connectivity index (χ1) is 15.2. The van der Waals surface area contributed by atoms with Crippen LogP contribution in [0, 0.1) is 0 Å². The van der Waals surface area contributed by atoms with Gasteiger partial charge in [-0.1, -0.05) is 59.3 Å². The molecule has 0 N–H and O–H groups in total. The number of hydrogen-bond acceptors (Lipinski definition) is 6. The third-order valence-corrected chi connectivity index (χ3v) is 5.76. The van der Waals surface area contributed by atoms with Gasteiger partial charge in [0.25, 0.3) is 5.91 Å². The summed E-state index contributed by atoms with van der Waals surface area (Å²) in [7, 11) is 0. The van der Waals surface area contributed by atoms with Crippen molar-refractivity contribution in [1.82, 2.24) is 29.9 Å². The van der Waals surface area contributed by atoms with Gasteiger partial charge in [0.15, 0.2) is 17.0 Å². The van der Waals surface area contributed by atoms with E-state index in [2.05, 4.69) is 25.2 Å². The van der Waals surface area contributed by atoms with E-state index < -0.39 is 0 Å². The summed E-state index contributed by atoms with van der Waals surface area (Å²) in [4.78, 5) is 25.6. The average Bonchev–Trinajstić information content (AvgIpc) is 3.23. The van der Waals surface area contributed by atoms with Gasteiger partial charge in [-0.25, -0.2) is 14.6 Å². The minimum atomic E-state index is -0.0492. The van der Waals surface area contributed by atoms with E-state index in [1.54, 1.807) is 23.1 Å². The van der Waals surface area contributed by atoms with Gasteiger partial charge in [-0.05, 0) is 17.7 Å². The molecule has 1 amide bonds. The molecule has 8 nitrogen and oxygen atoms in total. The van der Waals surface area contributed by atoms with E-state index in [4.69, 9.17) is 11.6 Å². The molecule has 2 aromatic carbocycles. The minimum absolute atomic E-state index is 0.0492. The highest BCUT2D eigenvalue weighted by atomic mass is 35.5. The van der Waals surface area contributed by atoms with E-state index in [1.165, 1.54) is 0 Å². The van der Waals surface area contributed by atoms with Crippen LogP contribution >= 0.6 is 11.6 Å². The summed E-state index contributed by atoms with van der Waals surface area (Å²) in [5, 5.41) is 9.12. The lowest BCUT2D eigenvalue weighted by atomic mass is 10.2. The highest BCUT2D eigenvalue weighted by Gasteiger charge is 2.26. The van der Waals surface area contributed by atoms with Gasteiger partial charge < -0.3 is 9.80 Å². The fraction of sp³-hybridized carbons (Fsp3) is 0.227. The Morgan fingerprint density at radius 3 is 2.45 bits per heavy atom. The van der Waals surface area contributed by atoms with Crippen LogP contribution in [0.15, 0.2) is 60.9 Å². The summed E-state index contributed by atoms with van der Waals surface area (Å²) < 4.78 is 1.78. The second-order valence-electron chi connectivity index (χ2n) is 7.36. The highest BCUT2D eigenvalue weighted by molar-refractivity contribution is 6.33. The fourth-order valence-electron chi connectivity index (χ4n) is 3.80. The van der Waals surface area contributed by atoms with Crippen molar-refractivity contribution in [3.05, 3.63) is 77.1 Å². The summed E-state index contributed by atoms with van der Waals surface area (Å²) in [5.41, 5.74) is 3.03. The van der Waals surface area contributed by atoms with Crippen LogP contribution in [0.25, 0.3) is 11.2 Å². The number of carbonyl (C=O) groups is 1. The van der Waals surface area contributed by atoms with E-state index in [9.17, 15) is 4.79 Å². The maximum absolute atomic E-state index is 12.8.